The summed E-state index contributed by atoms with van der Waals surface area (Å²) in [6, 6.07) is 68.5. The van der Waals surface area contributed by atoms with Crippen LogP contribution in [0, 0.1) is 5.92 Å². The summed E-state index contributed by atoms with van der Waals surface area (Å²) in [7, 11) is 0. The fraction of sp³-hybridized carbons (Fsp3) is 0.0896. The van der Waals surface area contributed by atoms with Crippen molar-refractivity contribution in [2.75, 3.05) is 0 Å². The third-order valence-corrected chi connectivity index (χ3v) is 15.4. The monoisotopic (exact) mass is 923 g/mol. The summed E-state index contributed by atoms with van der Waals surface area (Å²) in [4.78, 5) is 15.8. The van der Waals surface area contributed by atoms with E-state index in [2.05, 4.69) is 254 Å². The van der Waals surface area contributed by atoms with Crippen LogP contribution in [0.5, 0.6) is 0 Å². The van der Waals surface area contributed by atoms with E-state index in [0.717, 1.165) is 68.3 Å². The summed E-state index contributed by atoms with van der Waals surface area (Å²) in [5.74, 6) is 2.31. The van der Waals surface area contributed by atoms with Crippen molar-refractivity contribution in [3.05, 3.63) is 242 Å². The molecule has 14 rings (SSSR count). The standard InChI is InChI=1S/C67H49N5/c1-43-20-10-11-25-48(43)65-68-64(46-34-32-45(33-35-46)44-21-6-3-7-22-44)69-66(70-65)54-36-37-59(51-28-14-12-26-49(51)54)72-58-31-17-16-29-52(58)55-40-56-61(42-60(55)72)71(47-23-8-4-9-24-47)62-41-57(67(2)38-18-5-19-39-67)50-27-13-15-30-53(50)63(56)62/h3-19,21-38,40-43H,20,39H2,1-2H3. The maximum Gasteiger partial charge on any atom is 0.164 e. The average molecular weight is 924 g/mol. The van der Waals surface area contributed by atoms with Gasteiger partial charge in [-0.05, 0) is 100 Å². The number of aromatic nitrogens is 5. The number of nitrogens with zero attached hydrogens (tertiary/aromatic N) is 5. The first-order valence-corrected chi connectivity index (χ1v) is 25.1. The molecule has 5 nitrogen and oxygen atoms in total. The predicted octanol–water partition coefficient (Wildman–Crippen LogP) is 17.1. The minimum atomic E-state index is -0.146. The molecule has 5 heteroatoms. The van der Waals surface area contributed by atoms with Crippen molar-refractivity contribution in [2.45, 2.75) is 32.1 Å². The average Bonchev–Trinajstić information content (AvgIpc) is 3.94. The Hall–Kier alpha value is -8.93. The topological polar surface area (TPSA) is 48.5 Å². The van der Waals surface area contributed by atoms with E-state index in [9.17, 15) is 0 Å². The van der Waals surface area contributed by atoms with E-state index in [0.29, 0.717) is 17.5 Å². The van der Waals surface area contributed by atoms with Crippen molar-refractivity contribution in [1.82, 2.24) is 24.1 Å². The number of hydrogen-bond acceptors (Lipinski definition) is 3. The molecule has 12 aromatic rings. The molecule has 342 valence electrons. The molecule has 0 radical (unpaired) electrons. The zero-order chi connectivity index (χ0) is 47.9. The molecule has 0 fully saturated rings. The third kappa shape index (κ3) is 6.65. The van der Waals surface area contributed by atoms with Crippen LogP contribution >= 0.6 is 0 Å². The molecule has 0 saturated heterocycles. The lowest BCUT2D eigenvalue weighted by Gasteiger charge is -2.29. The molecule has 0 amide bonds. The van der Waals surface area contributed by atoms with Gasteiger partial charge in [0.15, 0.2) is 17.5 Å². The first-order chi connectivity index (χ1) is 35.5. The van der Waals surface area contributed by atoms with Gasteiger partial charge in [0, 0.05) is 54.7 Å². The Labute approximate surface area is 418 Å². The fourth-order valence-corrected chi connectivity index (χ4v) is 11.8. The van der Waals surface area contributed by atoms with Gasteiger partial charge in [0.1, 0.15) is 0 Å². The lowest BCUT2D eigenvalue weighted by molar-refractivity contribution is 0.606. The maximum absolute atomic E-state index is 5.32. The number of para-hydroxylation sites is 2. The summed E-state index contributed by atoms with van der Waals surface area (Å²) in [5.41, 5.74) is 13.5. The SMILES string of the molecule is CC1CC=CC=C1c1nc(-c2ccc(-c3ccccc3)cc2)nc(-c2ccc(-n3c4ccccc4c4cc5c6c7ccccc7c(C7(C)C=CC=CC7)cc6n(-c6ccccc6)c5cc43)c3ccccc23)n1. The van der Waals surface area contributed by atoms with Gasteiger partial charge in [-0.1, -0.05) is 196 Å². The second kappa shape index (κ2) is 16.6. The van der Waals surface area contributed by atoms with Crippen LogP contribution in [0.25, 0.3) is 116 Å². The van der Waals surface area contributed by atoms with Gasteiger partial charge >= 0.3 is 0 Å². The van der Waals surface area contributed by atoms with E-state index < -0.39 is 0 Å². The quantitative estimate of drug-likeness (QED) is 0.160. The van der Waals surface area contributed by atoms with Gasteiger partial charge in [-0.15, -0.1) is 0 Å². The molecule has 9 aromatic carbocycles. The van der Waals surface area contributed by atoms with Crippen molar-refractivity contribution in [3.8, 4) is 45.3 Å². The van der Waals surface area contributed by atoms with Gasteiger partial charge in [0.05, 0.1) is 27.8 Å². The fourth-order valence-electron chi connectivity index (χ4n) is 11.8. The van der Waals surface area contributed by atoms with Crippen LogP contribution < -0.4 is 0 Å². The van der Waals surface area contributed by atoms with Gasteiger partial charge in [-0.2, -0.15) is 0 Å². The highest BCUT2D eigenvalue weighted by Crippen LogP contribution is 2.47. The molecule has 2 unspecified atom stereocenters. The van der Waals surface area contributed by atoms with Crippen molar-refractivity contribution < 1.29 is 0 Å². The second-order valence-electron chi connectivity index (χ2n) is 19.8. The van der Waals surface area contributed by atoms with E-state index in [-0.39, 0.29) is 11.3 Å². The molecule has 0 bridgehead atoms. The van der Waals surface area contributed by atoms with Crippen LogP contribution in [0.1, 0.15) is 38.1 Å². The number of rotatable bonds is 7. The maximum atomic E-state index is 5.32. The molecule has 0 saturated carbocycles. The normalized spacial score (nSPS) is 16.8. The molecule has 2 atom stereocenters. The van der Waals surface area contributed by atoms with Crippen LogP contribution in [0.3, 0.4) is 0 Å². The minimum absolute atomic E-state index is 0.146. The molecule has 3 aromatic heterocycles. The van der Waals surface area contributed by atoms with Crippen LogP contribution in [0.15, 0.2) is 231 Å². The van der Waals surface area contributed by atoms with Crippen molar-refractivity contribution >= 4 is 70.7 Å². The molecular weight excluding hydrogens is 875 g/mol. The summed E-state index contributed by atoms with van der Waals surface area (Å²) >= 11 is 0. The lowest BCUT2D eigenvalue weighted by atomic mass is 9.75. The Balaban J connectivity index is 1.00. The highest BCUT2D eigenvalue weighted by atomic mass is 15.0. The van der Waals surface area contributed by atoms with Gasteiger partial charge in [0.2, 0.25) is 0 Å². The van der Waals surface area contributed by atoms with Crippen molar-refractivity contribution in [1.29, 1.82) is 0 Å². The predicted molar refractivity (Wildman–Crippen MR) is 301 cm³/mol. The molecular formula is C67H49N5. The van der Waals surface area contributed by atoms with E-state index in [1.807, 2.05) is 0 Å². The van der Waals surface area contributed by atoms with Gasteiger partial charge in [-0.25, -0.2) is 15.0 Å². The minimum Gasteiger partial charge on any atom is -0.309 e. The Morgan fingerprint density at radius 3 is 1.89 bits per heavy atom. The van der Waals surface area contributed by atoms with E-state index in [1.54, 1.807) is 0 Å². The Kier molecular flexibility index (Phi) is 9.68. The Morgan fingerprint density at radius 2 is 1.11 bits per heavy atom. The Bertz CT molecular complexity index is 4280. The highest BCUT2D eigenvalue weighted by molar-refractivity contribution is 6.26. The van der Waals surface area contributed by atoms with Crippen molar-refractivity contribution in [3.63, 3.8) is 0 Å². The third-order valence-electron chi connectivity index (χ3n) is 15.4. The molecule has 3 heterocycles. The second-order valence-corrected chi connectivity index (χ2v) is 19.8. The molecule has 2 aliphatic carbocycles. The number of benzene rings is 9. The van der Waals surface area contributed by atoms with Crippen LogP contribution in [-0.2, 0) is 5.41 Å². The summed E-state index contributed by atoms with van der Waals surface area (Å²) in [5, 5.41) is 9.71. The smallest absolute Gasteiger partial charge is 0.164 e. The summed E-state index contributed by atoms with van der Waals surface area (Å²) in [6.07, 6.45) is 17.5. The molecule has 0 spiro atoms. The zero-order valence-corrected chi connectivity index (χ0v) is 40.2. The number of hydrogen-bond donors (Lipinski definition) is 0. The summed E-state index contributed by atoms with van der Waals surface area (Å²) < 4.78 is 4.98. The van der Waals surface area contributed by atoms with Gasteiger partial charge in [0.25, 0.3) is 0 Å². The largest absolute Gasteiger partial charge is 0.309 e. The molecule has 2 aliphatic rings. The van der Waals surface area contributed by atoms with Crippen LogP contribution in [-0.4, -0.2) is 24.1 Å². The van der Waals surface area contributed by atoms with E-state index in [4.69, 9.17) is 15.0 Å². The van der Waals surface area contributed by atoms with Gasteiger partial charge < -0.3 is 9.13 Å². The van der Waals surface area contributed by atoms with Crippen molar-refractivity contribution in [2.24, 2.45) is 5.92 Å². The van der Waals surface area contributed by atoms with E-state index >= 15 is 0 Å². The lowest BCUT2D eigenvalue weighted by Crippen LogP contribution is -2.20. The van der Waals surface area contributed by atoms with Crippen LogP contribution in [0.2, 0.25) is 0 Å². The number of allylic oxidation sites excluding steroid dienone is 8. The Morgan fingerprint density at radius 1 is 0.458 bits per heavy atom. The first kappa shape index (κ1) is 42.0. The van der Waals surface area contributed by atoms with Crippen LogP contribution in [0.4, 0.5) is 0 Å². The van der Waals surface area contributed by atoms with Gasteiger partial charge in [-0.3, -0.25) is 0 Å². The highest BCUT2D eigenvalue weighted by Gasteiger charge is 2.29. The summed E-state index contributed by atoms with van der Waals surface area (Å²) in [6.45, 7) is 4.63. The molecule has 72 heavy (non-hydrogen) atoms. The van der Waals surface area contributed by atoms with E-state index in [1.165, 1.54) is 54.5 Å². The number of fused-ring (bicyclic) bond motifs is 9. The molecule has 0 aliphatic heterocycles. The zero-order valence-electron chi connectivity index (χ0n) is 40.2. The first-order valence-electron chi connectivity index (χ1n) is 25.1. The molecule has 0 N–H and O–H groups in total.